The van der Waals surface area contributed by atoms with Gasteiger partial charge in [0.1, 0.15) is 18.1 Å². The molecule has 0 amide bonds. The summed E-state index contributed by atoms with van der Waals surface area (Å²) in [7, 11) is 1.66. The second kappa shape index (κ2) is 10.2. The molecule has 4 aromatic carbocycles. The maximum Gasteiger partial charge on any atom is 0.185 e. The normalized spacial score (nSPS) is 11.7. The fraction of sp³-hybridized carbons (Fsp3) is 0.219. The highest BCUT2D eigenvalue weighted by molar-refractivity contribution is 6.08. The summed E-state index contributed by atoms with van der Waals surface area (Å²) in [4.78, 5) is 12.8. The Morgan fingerprint density at radius 2 is 1.63 bits per heavy atom. The Kier molecular flexibility index (Phi) is 7.07. The van der Waals surface area contributed by atoms with Crippen molar-refractivity contribution in [3.8, 4) is 11.5 Å². The summed E-state index contributed by atoms with van der Waals surface area (Å²) in [5.41, 5.74) is 4.81. The topological polar surface area (TPSA) is 35.5 Å². The van der Waals surface area contributed by atoms with Gasteiger partial charge in [-0.15, -0.1) is 0 Å². The van der Waals surface area contributed by atoms with Crippen LogP contribution in [0.2, 0.25) is 0 Å². The van der Waals surface area contributed by atoms with Crippen LogP contribution in [0.4, 0.5) is 0 Å². The molecule has 0 saturated heterocycles. The molecule has 0 heterocycles. The van der Waals surface area contributed by atoms with Crippen LogP contribution in [0.15, 0.2) is 84.9 Å². The first kappa shape index (κ1) is 24.3. The maximum absolute atomic E-state index is 12.8. The molecular formula is C32H32O3. The molecule has 0 unspecified atom stereocenters. The lowest BCUT2D eigenvalue weighted by atomic mass is 9.86. The largest absolute Gasteiger partial charge is 0.496 e. The molecule has 0 radical (unpaired) electrons. The summed E-state index contributed by atoms with van der Waals surface area (Å²) in [5, 5.41) is 2.18. The van der Waals surface area contributed by atoms with Crippen LogP contribution in [0.5, 0.6) is 11.5 Å². The van der Waals surface area contributed by atoms with Crippen molar-refractivity contribution < 1.29 is 14.3 Å². The third-order valence-corrected chi connectivity index (χ3v) is 6.09. The maximum atomic E-state index is 12.8. The number of benzene rings is 4. The molecule has 3 nitrogen and oxygen atoms in total. The number of carbonyl (C=O) groups is 1. The molecule has 0 aliphatic rings. The summed E-state index contributed by atoms with van der Waals surface area (Å²) < 4.78 is 11.9. The highest BCUT2D eigenvalue weighted by Crippen LogP contribution is 2.33. The van der Waals surface area contributed by atoms with Crippen LogP contribution >= 0.6 is 0 Å². The molecule has 4 rings (SSSR count). The zero-order valence-corrected chi connectivity index (χ0v) is 21.1. The number of hydrogen-bond acceptors (Lipinski definition) is 3. The fourth-order valence-electron chi connectivity index (χ4n) is 4.15. The first-order chi connectivity index (χ1) is 16.7. The van der Waals surface area contributed by atoms with E-state index in [-0.39, 0.29) is 11.2 Å². The van der Waals surface area contributed by atoms with E-state index in [1.165, 1.54) is 5.56 Å². The molecule has 0 aromatic heterocycles. The highest BCUT2D eigenvalue weighted by atomic mass is 16.5. The summed E-state index contributed by atoms with van der Waals surface area (Å²) in [6.07, 6.45) is 3.46. The van der Waals surface area contributed by atoms with E-state index in [9.17, 15) is 4.79 Å². The molecule has 0 aliphatic heterocycles. The van der Waals surface area contributed by atoms with Crippen LogP contribution in [0.1, 0.15) is 53.4 Å². The Bertz CT molecular complexity index is 1390. The van der Waals surface area contributed by atoms with E-state index in [0.29, 0.717) is 12.2 Å². The van der Waals surface area contributed by atoms with Gasteiger partial charge >= 0.3 is 0 Å². The van der Waals surface area contributed by atoms with Crippen LogP contribution in [0.3, 0.4) is 0 Å². The van der Waals surface area contributed by atoms with E-state index in [1.807, 2.05) is 66.7 Å². The van der Waals surface area contributed by atoms with Crippen LogP contribution in [0.25, 0.3) is 16.8 Å². The molecular weight excluding hydrogens is 432 g/mol. The van der Waals surface area contributed by atoms with Gasteiger partial charge in [-0.3, -0.25) is 4.79 Å². The Balaban J connectivity index is 1.54. The predicted molar refractivity (Wildman–Crippen MR) is 145 cm³/mol. The number of ether oxygens (including phenoxy) is 2. The first-order valence-electron chi connectivity index (χ1n) is 11.9. The second-order valence-electron chi connectivity index (χ2n) is 9.87. The molecule has 0 N–H and O–H groups in total. The van der Waals surface area contributed by atoms with E-state index < -0.39 is 0 Å². The minimum absolute atomic E-state index is 0.0270. The Labute approximate surface area is 208 Å². The third kappa shape index (κ3) is 5.81. The van der Waals surface area contributed by atoms with Gasteiger partial charge < -0.3 is 9.47 Å². The van der Waals surface area contributed by atoms with Gasteiger partial charge in [-0.05, 0) is 70.1 Å². The van der Waals surface area contributed by atoms with Crippen molar-refractivity contribution in [2.45, 2.75) is 39.7 Å². The quantitative estimate of drug-likeness (QED) is 0.206. The van der Waals surface area contributed by atoms with E-state index in [2.05, 4.69) is 45.9 Å². The molecule has 0 atom stereocenters. The second-order valence-corrected chi connectivity index (χ2v) is 9.87. The third-order valence-electron chi connectivity index (χ3n) is 6.09. The number of fused-ring (bicyclic) bond motifs is 1. The van der Waals surface area contributed by atoms with Crippen molar-refractivity contribution in [1.82, 2.24) is 0 Å². The molecule has 0 bridgehead atoms. The monoisotopic (exact) mass is 464 g/mol. The SMILES string of the molecule is COc1ccc(/C=C/C(=O)c2ccc3ccccc3c2)cc1COc1cc(C)ccc1C(C)(C)C. The smallest absolute Gasteiger partial charge is 0.185 e. The van der Waals surface area contributed by atoms with Crippen LogP contribution in [-0.4, -0.2) is 12.9 Å². The summed E-state index contributed by atoms with van der Waals surface area (Å²) in [6.45, 7) is 8.99. The predicted octanol–water partition coefficient (Wildman–Crippen LogP) is 7.93. The van der Waals surface area contributed by atoms with Gasteiger partial charge in [0.25, 0.3) is 0 Å². The number of carbonyl (C=O) groups excluding carboxylic acids is 1. The number of ketones is 1. The number of hydrogen-bond donors (Lipinski definition) is 0. The fourth-order valence-corrected chi connectivity index (χ4v) is 4.15. The first-order valence-corrected chi connectivity index (χ1v) is 11.9. The van der Waals surface area contributed by atoms with E-state index >= 15 is 0 Å². The van der Waals surface area contributed by atoms with Crippen molar-refractivity contribution in [2.75, 3.05) is 7.11 Å². The van der Waals surface area contributed by atoms with E-state index in [0.717, 1.165) is 39.0 Å². The van der Waals surface area contributed by atoms with E-state index in [1.54, 1.807) is 13.2 Å². The molecule has 35 heavy (non-hydrogen) atoms. The Hall–Kier alpha value is -3.85. The van der Waals surface area contributed by atoms with Crippen molar-refractivity contribution in [2.24, 2.45) is 0 Å². The van der Waals surface area contributed by atoms with Gasteiger partial charge in [-0.2, -0.15) is 0 Å². The number of allylic oxidation sites excluding steroid dienone is 1. The van der Waals surface area contributed by atoms with Gasteiger partial charge in [0.2, 0.25) is 0 Å². The lowest BCUT2D eigenvalue weighted by molar-refractivity contribution is 0.104. The zero-order chi connectivity index (χ0) is 25.0. The minimum Gasteiger partial charge on any atom is -0.496 e. The number of rotatable bonds is 7. The summed E-state index contributed by atoms with van der Waals surface area (Å²) in [6, 6.07) is 26.0. The molecule has 178 valence electrons. The Morgan fingerprint density at radius 1 is 0.857 bits per heavy atom. The van der Waals surface area contributed by atoms with E-state index in [4.69, 9.17) is 9.47 Å². The molecule has 0 aliphatic carbocycles. The summed E-state index contributed by atoms with van der Waals surface area (Å²) in [5.74, 6) is 1.61. The van der Waals surface area contributed by atoms with Gasteiger partial charge in [0.15, 0.2) is 5.78 Å². The van der Waals surface area contributed by atoms with Crippen molar-refractivity contribution in [1.29, 1.82) is 0 Å². The van der Waals surface area contributed by atoms with Gasteiger partial charge in [0, 0.05) is 11.1 Å². The lowest BCUT2D eigenvalue weighted by Gasteiger charge is -2.23. The summed E-state index contributed by atoms with van der Waals surface area (Å²) >= 11 is 0. The van der Waals surface area contributed by atoms with Gasteiger partial charge in [0.05, 0.1) is 7.11 Å². The van der Waals surface area contributed by atoms with Crippen molar-refractivity contribution >= 4 is 22.6 Å². The molecule has 0 saturated carbocycles. The van der Waals surface area contributed by atoms with Gasteiger partial charge in [-0.25, -0.2) is 0 Å². The molecule has 0 spiro atoms. The Morgan fingerprint density at radius 3 is 2.37 bits per heavy atom. The van der Waals surface area contributed by atoms with Crippen LogP contribution < -0.4 is 9.47 Å². The molecule has 4 aromatic rings. The van der Waals surface area contributed by atoms with Crippen molar-refractivity contribution in [3.05, 3.63) is 113 Å². The lowest BCUT2D eigenvalue weighted by Crippen LogP contribution is -2.13. The average Bonchev–Trinajstić information content (AvgIpc) is 2.85. The van der Waals surface area contributed by atoms with Crippen LogP contribution in [0, 0.1) is 6.92 Å². The van der Waals surface area contributed by atoms with Crippen molar-refractivity contribution in [3.63, 3.8) is 0 Å². The van der Waals surface area contributed by atoms with Gasteiger partial charge in [-0.1, -0.05) is 81.4 Å². The number of aryl methyl sites for hydroxylation is 1. The zero-order valence-electron chi connectivity index (χ0n) is 21.1. The standard InChI is InChI=1S/C32H32O3/c1-22-10-15-28(32(2,3)4)31(18-22)35-21-27-19-23(12-17-30(27)34-5)11-16-29(33)26-14-13-24-8-6-7-9-25(24)20-26/h6-20H,21H2,1-5H3/b16-11+. The number of methoxy groups -OCH3 is 1. The minimum atomic E-state index is -0.0287. The van der Waals surface area contributed by atoms with Crippen LogP contribution in [-0.2, 0) is 12.0 Å². The molecule has 0 fully saturated rings. The highest BCUT2D eigenvalue weighted by Gasteiger charge is 2.19. The average molecular weight is 465 g/mol. The molecule has 3 heteroatoms.